The van der Waals surface area contributed by atoms with Gasteiger partial charge in [0.25, 0.3) is 0 Å². The second-order valence-corrected chi connectivity index (χ2v) is 5.20. The molecule has 1 aliphatic carbocycles. The second kappa shape index (κ2) is 4.73. The fourth-order valence-corrected chi connectivity index (χ4v) is 1.83. The fourth-order valence-electron chi connectivity index (χ4n) is 1.78. The smallest absolute Gasteiger partial charge is 0.184 e. The van der Waals surface area contributed by atoms with Gasteiger partial charge in [-0.1, -0.05) is 13.8 Å². The highest BCUT2D eigenvalue weighted by Crippen LogP contribution is 2.37. The van der Waals surface area contributed by atoms with Gasteiger partial charge in [-0.3, -0.25) is 5.43 Å². The summed E-state index contributed by atoms with van der Waals surface area (Å²) in [6, 6.07) is 0. The molecule has 0 aliphatic heterocycles. The number of rotatable bonds is 2. The van der Waals surface area contributed by atoms with Crippen molar-refractivity contribution >= 4 is 23.5 Å². The lowest BCUT2D eigenvalue weighted by atomic mass is 9.73. The number of nitrogens with two attached hydrogens (primary N) is 1. The van der Waals surface area contributed by atoms with Crippen molar-refractivity contribution in [1.82, 2.24) is 5.43 Å². The van der Waals surface area contributed by atoms with Gasteiger partial charge in [0, 0.05) is 6.21 Å². The molecule has 0 unspecified atom stereocenters. The van der Waals surface area contributed by atoms with Crippen LogP contribution >= 0.6 is 12.2 Å². The monoisotopic (exact) mass is 213 g/mol. The molecule has 1 saturated carbocycles. The predicted octanol–water partition coefficient (Wildman–Crippen LogP) is 2.02. The molecule has 1 fully saturated rings. The zero-order chi connectivity index (χ0) is 10.6. The van der Waals surface area contributed by atoms with Crippen LogP contribution in [0, 0.1) is 11.3 Å². The van der Waals surface area contributed by atoms with E-state index in [4.69, 9.17) is 5.73 Å². The number of hydrogen-bond acceptors (Lipinski definition) is 2. The van der Waals surface area contributed by atoms with Gasteiger partial charge >= 0.3 is 0 Å². The fraction of sp³-hybridized carbons (Fsp3) is 0.800. The number of hydrazone groups is 1. The van der Waals surface area contributed by atoms with Crippen molar-refractivity contribution < 1.29 is 0 Å². The van der Waals surface area contributed by atoms with Crippen molar-refractivity contribution in [2.75, 3.05) is 0 Å². The van der Waals surface area contributed by atoms with Gasteiger partial charge in [-0.25, -0.2) is 0 Å². The summed E-state index contributed by atoms with van der Waals surface area (Å²) in [6.45, 7) is 4.65. The second-order valence-electron chi connectivity index (χ2n) is 4.76. The summed E-state index contributed by atoms with van der Waals surface area (Å²) in [5.74, 6) is 0.588. The Hall–Kier alpha value is -0.640. The van der Waals surface area contributed by atoms with Crippen molar-refractivity contribution in [2.24, 2.45) is 22.2 Å². The lowest BCUT2D eigenvalue weighted by molar-refractivity contribution is 0.223. The third-order valence-electron chi connectivity index (χ3n) is 2.84. The Balaban J connectivity index is 2.29. The molecule has 0 atom stereocenters. The molecule has 0 heterocycles. The van der Waals surface area contributed by atoms with Crippen LogP contribution in [0.1, 0.15) is 39.5 Å². The number of nitrogens with zero attached hydrogens (tertiary/aromatic N) is 1. The van der Waals surface area contributed by atoms with E-state index in [-0.39, 0.29) is 5.11 Å². The van der Waals surface area contributed by atoms with Gasteiger partial charge < -0.3 is 5.73 Å². The zero-order valence-corrected chi connectivity index (χ0v) is 9.73. The topological polar surface area (TPSA) is 50.4 Å². The van der Waals surface area contributed by atoms with Crippen LogP contribution in [-0.2, 0) is 0 Å². The third-order valence-corrected chi connectivity index (χ3v) is 2.94. The number of nitrogens with one attached hydrogen (secondary N) is 1. The van der Waals surface area contributed by atoms with Crippen LogP contribution in [0.5, 0.6) is 0 Å². The van der Waals surface area contributed by atoms with Crippen LogP contribution in [0.3, 0.4) is 0 Å². The molecule has 3 N–H and O–H groups in total. The maximum absolute atomic E-state index is 5.26. The summed E-state index contributed by atoms with van der Waals surface area (Å²) in [4.78, 5) is 0. The first kappa shape index (κ1) is 11.4. The highest BCUT2D eigenvalue weighted by atomic mass is 32.1. The summed E-state index contributed by atoms with van der Waals surface area (Å²) < 4.78 is 0. The standard InChI is InChI=1S/C10H19N3S/c1-10(2)5-3-8(4-6-10)7-12-13-9(11)14/h7-8H,3-6H2,1-2H3,(H3,11,13,14)/b12-7+. The van der Waals surface area contributed by atoms with Gasteiger partial charge in [0.15, 0.2) is 5.11 Å². The Labute approximate surface area is 91.1 Å². The Kier molecular flexibility index (Phi) is 3.86. The van der Waals surface area contributed by atoms with Crippen molar-refractivity contribution in [3.05, 3.63) is 0 Å². The van der Waals surface area contributed by atoms with E-state index in [1.807, 2.05) is 6.21 Å². The van der Waals surface area contributed by atoms with Crippen molar-refractivity contribution in [3.8, 4) is 0 Å². The average molecular weight is 213 g/mol. The van der Waals surface area contributed by atoms with Crippen LogP contribution in [0.15, 0.2) is 5.10 Å². The first-order valence-electron chi connectivity index (χ1n) is 5.08. The molecule has 1 aliphatic rings. The van der Waals surface area contributed by atoms with Crippen molar-refractivity contribution in [1.29, 1.82) is 0 Å². The molecule has 0 bridgehead atoms. The number of thiocarbonyl (C=S) groups is 1. The normalized spacial score (nSPS) is 22.4. The molecule has 1 rings (SSSR count). The first-order chi connectivity index (χ1) is 6.49. The summed E-state index contributed by atoms with van der Waals surface area (Å²) in [5.41, 5.74) is 8.36. The lowest BCUT2D eigenvalue weighted by Gasteiger charge is -2.32. The van der Waals surface area contributed by atoms with E-state index in [9.17, 15) is 0 Å². The molecule has 14 heavy (non-hydrogen) atoms. The Morgan fingerprint density at radius 1 is 1.50 bits per heavy atom. The molecule has 0 spiro atoms. The molecule has 3 nitrogen and oxygen atoms in total. The van der Waals surface area contributed by atoms with E-state index in [1.54, 1.807) is 0 Å². The Morgan fingerprint density at radius 3 is 2.57 bits per heavy atom. The lowest BCUT2D eigenvalue weighted by Crippen LogP contribution is -2.26. The van der Waals surface area contributed by atoms with Gasteiger partial charge in [-0.15, -0.1) is 0 Å². The van der Waals surface area contributed by atoms with Crippen LogP contribution in [0.2, 0.25) is 0 Å². The SMILES string of the molecule is CC1(C)CCC(/C=N/NC(N)=S)CC1. The molecular formula is C10H19N3S. The van der Waals surface area contributed by atoms with Crippen LogP contribution < -0.4 is 11.2 Å². The molecular weight excluding hydrogens is 194 g/mol. The van der Waals surface area contributed by atoms with E-state index in [0.29, 0.717) is 11.3 Å². The molecule has 0 saturated heterocycles. The minimum atomic E-state index is 0.234. The minimum absolute atomic E-state index is 0.234. The molecule has 4 heteroatoms. The summed E-state index contributed by atoms with van der Waals surface area (Å²) in [5, 5.41) is 4.23. The van der Waals surface area contributed by atoms with E-state index in [1.165, 1.54) is 25.7 Å². The quantitative estimate of drug-likeness (QED) is 0.419. The molecule has 0 amide bonds. The Morgan fingerprint density at radius 2 is 2.07 bits per heavy atom. The van der Waals surface area contributed by atoms with Gasteiger partial charge in [0.1, 0.15) is 0 Å². The molecule has 0 aromatic heterocycles. The van der Waals surface area contributed by atoms with E-state index >= 15 is 0 Å². The van der Waals surface area contributed by atoms with Gasteiger partial charge in [-0.05, 0) is 49.2 Å². The van der Waals surface area contributed by atoms with Gasteiger partial charge in [0.2, 0.25) is 0 Å². The van der Waals surface area contributed by atoms with Crippen molar-refractivity contribution in [2.45, 2.75) is 39.5 Å². The van der Waals surface area contributed by atoms with E-state index in [0.717, 1.165) is 0 Å². The number of hydrogen-bond donors (Lipinski definition) is 2. The van der Waals surface area contributed by atoms with Crippen molar-refractivity contribution in [3.63, 3.8) is 0 Å². The van der Waals surface area contributed by atoms with E-state index < -0.39 is 0 Å². The maximum atomic E-state index is 5.26. The van der Waals surface area contributed by atoms with Crippen LogP contribution in [0.25, 0.3) is 0 Å². The zero-order valence-electron chi connectivity index (χ0n) is 8.92. The first-order valence-corrected chi connectivity index (χ1v) is 5.49. The third kappa shape index (κ3) is 4.05. The van der Waals surface area contributed by atoms with Crippen LogP contribution in [-0.4, -0.2) is 11.3 Å². The van der Waals surface area contributed by atoms with Crippen LogP contribution in [0.4, 0.5) is 0 Å². The predicted molar refractivity (Wildman–Crippen MR) is 64.2 cm³/mol. The summed E-state index contributed by atoms with van der Waals surface area (Å²) >= 11 is 4.65. The van der Waals surface area contributed by atoms with Gasteiger partial charge in [0.05, 0.1) is 0 Å². The van der Waals surface area contributed by atoms with Gasteiger partial charge in [-0.2, -0.15) is 5.10 Å². The molecule has 80 valence electrons. The summed E-state index contributed by atoms with van der Waals surface area (Å²) in [6.07, 6.45) is 6.92. The minimum Gasteiger partial charge on any atom is -0.375 e. The molecule has 0 aromatic carbocycles. The highest BCUT2D eigenvalue weighted by Gasteiger charge is 2.25. The highest BCUT2D eigenvalue weighted by molar-refractivity contribution is 7.80. The molecule has 0 aromatic rings. The van der Waals surface area contributed by atoms with E-state index in [2.05, 4.69) is 36.6 Å². The average Bonchev–Trinajstić information content (AvgIpc) is 2.07. The summed E-state index contributed by atoms with van der Waals surface area (Å²) in [7, 11) is 0. The Bertz CT molecular complexity index is 226. The molecule has 0 radical (unpaired) electrons. The largest absolute Gasteiger partial charge is 0.375 e. The maximum Gasteiger partial charge on any atom is 0.184 e.